The van der Waals surface area contributed by atoms with Gasteiger partial charge in [0, 0.05) is 22.3 Å². The molecule has 2 heterocycles. The summed E-state index contributed by atoms with van der Waals surface area (Å²) in [5.74, 6) is -0.000314. The van der Waals surface area contributed by atoms with Gasteiger partial charge in [0.25, 0.3) is 0 Å². The lowest BCUT2D eigenvalue weighted by Crippen LogP contribution is -2.00. The normalized spacial score (nSPS) is 11.8. The Morgan fingerprint density at radius 2 is 0.977 bits per heavy atom. The molecule has 6 nitrogen and oxygen atoms in total. The number of rotatable bonds is 8. The molecule has 0 saturated carbocycles. The van der Waals surface area contributed by atoms with Crippen molar-refractivity contribution >= 4 is 5.78 Å². The van der Waals surface area contributed by atoms with E-state index >= 15 is 0 Å². The molecule has 0 aliphatic carbocycles. The number of carbonyl (C=O) groups excluding carboxylic acids is 1. The zero-order valence-electron chi connectivity index (χ0n) is 23.7. The molecule has 1 unspecified atom stereocenters. The van der Waals surface area contributed by atoms with E-state index in [0.717, 1.165) is 56.2 Å². The number of aliphatic hydroxyl groups is 1. The number of hydrogen-bond acceptors (Lipinski definition) is 4. The standard InChI is InChI=1S/C38H28N4O2/c43-37(27-8-3-1-4-9-27)29-18-14-25(15-19-29)33-23-35(41-39-33)31-12-7-13-32(22-31)36-24-34(40-42-36)26-16-20-30(21-17-26)38(44)28-10-5-2-6-11-28/h1-24,37,43H,(H,39,41)(H,40,42). The van der Waals surface area contributed by atoms with Gasteiger partial charge in [0.2, 0.25) is 0 Å². The number of H-pyrrole nitrogens is 2. The van der Waals surface area contributed by atoms with Crippen molar-refractivity contribution < 1.29 is 9.90 Å². The number of hydrogen-bond donors (Lipinski definition) is 3. The zero-order valence-corrected chi connectivity index (χ0v) is 23.7. The molecule has 44 heavy (non-hydrogen) atoms. The van der Waals surface area contributed by atoms with Gasteiger partial charge in [-0.15, -0.1) is 0 Å². The summed E-state index contributed by atoms with van der Waals surface area (Å²) in [5, 5.41) is 26.1. The topological polar surface area (TPSA) is 94.7 Å². The molecule has 0 amide bonds. The summed E-state index contributed by atoms with van der Waals surface area (Å²) in [7, 11) is 0. The Morgan fingerprint density at radius 3 is 1.55 bits per heavy atom. The van der Waals surface area contributed by atoms with Crippen LogP contribution < -0.4 is 0 Å². The maximum Gasteiger partial charge on any atom is 0.193 e. The fourth-order valence-electron chi connectivity index (χ4n) is 5.30. The number of nitrogens with one attached hydrogen (secondary N) is 2. The molecule has 6 heteroatoms. The Balaban J connectivity index is 1.07. The van der Waals surface area contributed by atoms with E-state index in [2.05, 4.69) is 26.5 Å². The fourth-order valence-corrected chi connectivity index (χ4v) is 5.30. The Bertz CT molecular complexity index is 2030. The molecule has 0 aliphatic heterocycles. The Kier molecular flexibility index (Phi) is 7.24. The third-order valence-corrected chi connectivity index (χ3v) is 7.76. The number of aliphatic hydroxyl groups excluding tert-OH is 1. The van der Waals surface area contributed by atoms with Crippen LogP contribution in [0.2, 0.25) is 0 Å². The number of benzene rings is 5. The van der Waals surface area contributed by atoms with Gasteiger partial charge < -0.3 is 5.11 Å². The molecule has 5 aromatic carbocycles. The van der Waals surface area contributed by atoms with Gasteiger partial charge in [-0.2, -0.15) is 10.2 Å². The van der Waals surface area contributed by atoms with E-state index in [1.165, 1.54) is 0 Å². The first-order valence-corrected chi connectivity index (χ1v) is 14.4. The molecular formula is C38H28N4O2. The first kappa shape index (κ1) is 27.0. The van der Waals surface area contributed by atoms with Crippen molar-refractivity contribution in [2.45, 2.75) is 6.10 Å². The average molecular weight is 573 g/mol. The van der Waals surface area contributed by atoms with Gasteiger partial charge in [0.05, 0.1) is 22.8 Å². The Morgan fingerprint density at radius 1 is 0.500 bits per heavy atom. The molecule has 2 aromatic heterocycles. The highest BCUT2D eigenvalue weighted by Crippen LogP contribution is 2.30. The Labute approximate surface area is 254 Å². The number of ketones is 1. The van der Waals surface area contributed by atoms with Gasteiger partial charge in [-0.3, -0.25) is 15.0 Å². The summed E-state index contributed by atoms with van der Waals surface area (Å²) in [5.41, 5.74) is 10.3. The molecule has 3 N–H and O–H groups in total. The van der Waals surface area contributed by atoms with Crippen LogP contribution in [-0.2, 0) is 0 Å². The third kappa shape index (κ3) is 5.50. The van der Waals surface area contributed by atoms with Crippen LogP contribution in [0.4, 0.5) is 0 Å². The van der Waals surface area contributed by atoms with E-state index in [1.807, 2.05) is 140 Å². The predicted molar refractivity (Wildman–Crippen MR) is 173 cm³/mol. The second-order valence-corrected chi connectivity index (χ2v) is 10.6. The van der Waals surface area contributed by atoms with Gasteiger partial charge in [-0.05, 0) is 40.5 Å². The van der Waals surface area contributed by atoms with E-state index in [9.17, 15) is 9.90 Å². The molecule has 0 bridgehead atoms. The van der Waals surface area contributed by atoms with Crippen LogP contribution in [0.25, 0.3) is 45.0 Å². The first-order valence-electron chi connectivity index (χ1n) is 14.4. The number of aromatic amines is 2. The molecule has 0 spiro atoms. The molecule has 0 aliphatic rings. The molecule has 7 rings (SSSR count). The quantitative estimate of drug-likeness (QED) is 0.160. The third-order valence-electron chi connectivity index (χ3n) is 7.76. The predicted octanol–water partition coefficient (Wildman–Crippen LogP) is 8.11. The second-order valence-electron chi connectivity index (χ2n) is 10.6. The maximum atomic E-state index is 12.8. The van der Waals surface area contributed by atoms with Gasteiger partial charge >= 0.3 is 0 Å². The summed E-state index contributed by atoms with van der Waals surface area (Å²) in [6.45, 7) is 0. The van der Waals surface area contributed by atoms with Crippen LogP contribution in [0.15, 0.2) is 146 Å². The van der Waals surface area contributed by atoms with E-state index < -0.39 is 6.10 Å². The van der Waals surface area contributed by atoms with Crippen molar-refractivity contribution in [1.29, 1.82) is 0 Å². The molecular weight excluding hydrogens is 544 g/mol. The number of carbonyl (C=O) groups is 1. The smallest absolute Gasteiger partial charge is 0.193 e. The summed E-state index contributed by atoms with van der Waals surface area (Å²) in [6.07, 6.45) is -0.670. The molecule has 212 valence electrons. The molecule has 0 radical (unpaired) electrons. The van der Waals surface area contributed by atoms with Crippen molar-refractivity contribution in [1.82, 2.24) is 20.4 Å². The van der Waals surface area contributed by atoms with E-state index in [1.54, 1.807) is 0 Å². The largest absolute Gasteiger partial charge is 0.384 e. The maximum absolute atomic E-state index is 12.8. The Hall–Kier alpha value is -5.85. The minimum atomic E-state index is -0.670. The lowest BCUT2D eigenvalue weighted by Gasteiger charge is -2.11. The van der Waals surface area contributed by atoms with Gasteiger partial charge in [0.1, 0.15) is 6.10 Å². The number of aromatic nitrogens is 4. The van der Waals surface area contributed by atoms with Crippen LogP contribution in [0.1, 0.15) is 33.2 Å². The van der Waals surface area contributed by atoms with Gasteiger partial charge in [-0.1, -0.05) is 127 Å². The monoisotopic (exact) mass is 572 g/mol. The SMILES string of the molecule is O=C(c1ccccc1)c1ccc(-c2cc(-c3cccc(-c4cc(-c5ccc(C(O)c6ccccc6)cc5)[nH]n4)c3)n[nH]2)cc1. The molecule has 0 fully saturated rings. The molecule has 1 atom stereocenters. The van der Waals surface area contributed by atoms with E-state index in [-0.39, 0.29) is 5.78 Å². The van der Waals surface area contributed by atoms with Gasteiger partial charge in [0.15, 0.2) is 5.78 Å². The zero-order chi connectivity index (χ0) is 29.9. The minimum absolute atomic E-state index is 0.000314. The van der Waals surface area contributed by atoms with Crippen LogP contribution in [0.3, 0.4) is 0 Å². The highest BCUT2D eigenvalue weighted by molar-refractivity contribution is 6.09. The van der Waals surface area contributed by atoms with E-state index in [4.69, 9.17) is 0 Å². The molecule has 7 aromatic rings. The summed E-state index contributed by atoms with van der Waals surface area (Å²) in [6, 6.07) is 46.5. The highest BCUT2D eigenvalue weighted by Gasteiger charge is 2.13. The summed E-state index contributed by atoms with van der Waals surface area (Å²) in [4.78, 5) is 12.8. The van der Waals surface area contributed by atoms with Crippen molar-refractivity contribution in [2.24, 2.45) is 0 Å². The van der Waals surface area contributed by atoms with E-state index in [0.29, 0.717) is 11.1 Å². The summed E-state index contributed by atoms with van der Waals surface area (Å²) >= 11 is 0. The van der Waals surface area contributed by atoms with Crippen molar-refractivity contribution in [3.63, 3.8) is 0 Å². The number of nitrogens with zero attached hydrogens (tertiary/aromatic N) is 2. The minimum Gasteiger partial charge on any atom is -0.384 e. The summed E-state index contributed by atoms with van der Waals surface area (Å²) < 4.78 is 0. The lowest BCUT2D eigenvalue weighted by atomic mass is 9.99. The van der Waals surface area contributed by atoms with Crippen LogP contribution >= 0.6 is 0 Å². The highest BCUT2D eigenvalue weighted by atomic mass is 16.3. The van der Waals surface area contributed by atoms with Crippen molar-refractivity contribution in [3.8, 4) is 45.0 Å². The first-order chi connectivity index (χ1) is 21.6. The van der Waals surface area contributed by atoms with Crippen molar-refractivity contribution in [2.75, 3.05) is 0 Å². The second kappa shape index (κ2) is 11.8. The molecule has 0 saturated heterocycles. The van der Waals surface area contributed by atoms with Crippen LogP contribution in [0, 0.1) is 0 Å². The van der Waals surface area contributed by atoms with Crippen LogP contribution in [-0.4, -0.2) is 31.3 Å². The van der Waals surface area contributed by atoms with Crippen molar-refractivity contribution in [3.05, 3.63) is 168 Å². The lowest BCUT2D eigenvalue weighted by molar-refractivity contribution is 0.103. The average Bonchev–Trinajstić information content (AvgIpc) is 3.80. The van der Waals surface area contributed by atoms with Crippen LogP contribution in [0.5, 0.6) is 0 Å². The fraction of sp³-hybridized carbons (Fsp3) is 0.0263. The van der Waals surface area contributed by atoms with Gasteiger partial charge in [-0.25, -0.2) is 0 Å².